The van der Waals surface area contributed by atoms with Gasteiger partial charge < -0.3 is 5.11 Å². The fourth-order valence-electron chi connectivity index (χ4n) is 1.12. The minimum absolute atomic E-state index is 0.171. The lowest BCUT2D eigenvalue weighted by Gasteiger charge is -2.10. The molecule has 1 unspecified atom stereocenters. The number of aliphatic hydroxyl groups excluding tert-OH is 1. The topological polar surface area (TPSA) is 20.2 Å². The molecule has 0 bridgehead atoms. The average Bonchev–Trinajstić information content (AvgIpc) is 2.01. The SMILES string of the molecule is Cc1cc(Cl)c(F)c(C(C)O)c1F. The van der Waals surface area contributed by atoms with Crippen LogP contribution in [-0.2, 0) is 0 Å². The van der Waals surface area contributed by atoms with E-state index in [9.17, 15) is 8.78 Å². The maximum atomic E-state index is 13.2. The molecule has 0 amide bonds. The van der Waals surface area contributed by atoms with E-state index in [4.69, 9.17) is 16.7 Å². The molecule has 0 fully saturated rings. The summed E-state index contributed by atoms with van der Waals surface area (Å²) in [6.45, 7) is 2.75. The normalized spacial score (nSPS) is 13.1. The van der Waals surface area contributed by atoms with Gasteiger partial charge >= 0.3 is 0 Å². The monoisotopic (exact) mass is 206 g/mol. The highest BCUT2D eigenvalue weighted by Gasteiger charge is 2.18. The van der Waals surface area contributed by atoms with Gasteiger partial charge in [-0.3, -0.25) is 0 Å². The summed E-state index contributed by atoms with van der Waals surface area (Å²) in [4.78, 5) is 0. The van der Waals surface area contributed by atoms with Crippen LogP contribution in [0.3, 0.4) is 0 Å². The number of hydrogen-bond donors (Lipinski definition) is 1. The second-order valence-corrected chi connectivity index (χ2v) is 3.30. The zero-order valence-electron chi connectivity index (χ0n) is 7.24. The molecule has 1 aromatic carbocycles. The van der Waals surface area contributed by atoms with E-state index in [1.807, 2.05) is 0 Å². The molecule has 0 spiro atoms. The smallest absolute Gasteiger partial charge is 0.150 e. The first-order valence-electron chi connectivity index (χ1n) is 3.77. The molecule has 0 radical (unpaired) electrons. The van der Waals surface area contributed by atoms with Crippen molar-refractivity contribution in [2.45, 2.75) is 20.0 Å². The van der Waals surface area contributed by atoms with Crippen LogP contribution in [0.25, 0.3) is 0 Å². The minimum Gasteiger partial charge on any atom is -0.388 e. The summed E-state index contributed by atoms with van der Waals surface area (Å²) in [5.74, 6) is -1.63. The summed E-state index contributed by atoms with van der Waals surface area (Å²) in [7, 11) is 0. The molecule has 1 nitrogen and oxygen atoms in total. The predicted octanol–water partition coefficient (Wildman–Crippen LogP) is 2.98. The molecule has 1 aromatic rings. The second kappa shape index (κ2) is 3.60. The van der Waals surface area contributed by atoms with E-state index in [-0.39, 0.29) is 16.1 Å². The maximum Gasteiger partial charge on any atom is 0.150 e. The average molecular weight is 207 g/mol. The molecule has 0 aliphatic heterocycles. The van der Waals surface area contributed by atoms with Crippen molar-refractivity contribution in [1.29, 1.82) is 0 Å². The van der Waals surface area contributed by atoms with Crippen molar-refractivity contribution in [2.24, 2.45) is 0 Å². The Morgan fingerprint density at radius 3 is 2.38 bits per heavy atom. The van der Waals surface area contributed by atoms with Crippen LogP contribution < -0.4 is 0 Å². The van der Waals surface area contributed by atoms with Gasteiger partial charge in [0.2, 0.25) is 0 Å². The molecule has 0 heterocycles. The van der Waals surface area contributed by atoms with Gasteiger partial charge in [-0.15, -0.1) is 0 Å². The summed E-state index contributed by atoms with van der Waals surface area (Å²) in [5, 5.41) is 8.92. The van der Waals surface area contributed by atoms with Gasteiger partial charge in [-0.2, -0.15) is 0 Å². The Hall–Kier alpha value is -0.670. The Balaban J connectivity index is 3.46. The van der Waals surface area contributed by atoms with Gasteiger partial charge in [-0.1, -0.05) is 11.6 Å². The first-order valence-corrected chi connectivity index (χ1v) is 4.15. The highest BCUT2D eigenvalue weighted by Crippen LogP contribution is 2.28. The van der Waals surface area contributed by atoms with Crippen molar-refractivity contribution in [1.82, 2.24) is 0 Å². The Morgan fingerprint density at radius 1 is 1.38 bits per heavy atom. The number of benzene rings is 1. The summed E-state index contributed by atoms with van der Waals surface area (Å²) in [6, 6.07) is 1.19. The molecular weight excluding hydrogens is 198 g/mol. The van der Waals surface area contributed by atoms with Gasteiger partial charge in [0, 0.05) is 0 Å². The van der Waals surface area contributed by atoms with E-state index in [0.717, 1.165) is 0 Å². The van der Waals surface area contributed by atoms with Crippen LogP contribution in [0.5, 0.6) is 0 Å². The minimum atomic E-state index is -1.20. The van der Waals surface area contributed by atoms with Crippen LogP contribution in [0.2, 0.25) is 5.02 Å². The van der Waals surface area contributed by atoms with Crippen molar-refractivity contribution >= 4 is 11.6 Å². The molecule has 0 aromatic heterocycles. The van der Waals surface area contributed by atoms with Crippen LogP contribution in [0, 0.1) is 18.6 Å². The standard InChI is InChI=1S/C9H9ClF2O/c1-4-3-6(10)9(12)7(5(2)13)8(4)11/h3,5,13H,1-2H3. The van der Waals surface area contributed by atoms with Gasteiger partial charge in [-0.25, -0.2) is 8.78 Å². The zero-order chi connectivity index (χ0) is 10.2. The zero-order valence-corrected chi connectivity index (χ0v) is 7.99. The van der Waals surface area contributed by atoms with Crippen molar-refractivity contribution in [2.75, 3.05) is 0 Å². The van der Waals surface area contributed by atoms with Crippen molar-refractivity contribution in [3.8, 4) is 0 Å². The van der Waals surface area contributed by atoms with E-state index in [1.165, 1.54) is 19.9 Å². The molecule has 13 heavy (non-hydrogen) atoms. The third-order valence-electron chi connectivity index (χ3n) is 1.79. The molecule has 1 atom stereocenters. The molecule has 0 aliphatic rings. The van der Waals surface area contributed by atoms with Crippen molar-refractivity contribution in [3.63, 3.8) is 0 Å². The number of rotatable bonds is 1. The van der Waals surface area contributed by atoms with Crippen LogP contribution in [0.1, 0.15) is 24.2 Å². The largest absolute Gasteiger partial charge is 0.388 e. The second-order valence-electron chi connectivity index (χ2n) is 2.89. The lowest BCUT2D eigenvalue weighted by molar-refractivity contribution is 0.188. The van der Waals surface area contributed by atoms with Gasteiger partial charge in [0.25, 0.3) is 0 Å². The van der Waals surface area contributed by atoms with Crippen LogP contribution in [0.4, 0.5) is 8.78 Å². The molecule has 4 heteroatoms. The van der Waals surface area contributed by atoms with Gasteiger partial charge in [-0.05, 0) is 25.5 Å². The molecule has 72 valence electrons. The van der Waals surface area contributed by atoms with E-state index in [1.54, 1.807) is 0 Å². The predicted molar refractivity (Wildman–Crippen MR) is 46.7 cm³/mol. The third-order valence-corrected chi connectivity index (χ3v) is 2.06. The number of halogens is 3. The number of aliphatic hydroxyl groups is 1. The summed E-state index contributed by atoms with van der Waals surface area (Å²) >= 11 is 5.48. The molecule has 1 rings (SSSR count). The highest BCUT2D eigenvalue weighted by atomic mass is 35.5. The molecule has 1 N–H and O–H groups in total. The van der Waals surface area contributed by atoms with E-state index < -0.39 is 17.7 Å². The van der Waals surface area contributed by atoms with Crippen LogP contribution in [-0.4, -0.2) is 5.11 Å². The molecule has 0 saturated carbocycles. The summed E-state index contributed by atoms with van der Waals surface area (Å²) < 4.78 is 26.4. The summed E-state index contributed by atoms with van der Waals surface area (Å²) in [6.07, 6.45) is -1.20. The van der Waals surface area contributed by atoms with Crippen LogP contribution in [0.15, 0.2) is 6.07 Å². The molecular formula is C9H9ClF2O. The third kappa shape index (κ3) is 1.81. The van der Waals surface area contributed by atoms with E-state index in [0.29, 0.717) is 0 Å². The Kier molecular flexibility index (Phi) is 2.88. The fourth-order valence-corrected chi connectivity index (χ4v) is 1.39. The molecule has 0 saturated heterocycles. The fraction of sp³-hybridized carbons (Fsp3) is 0.333. The summed E-state index contributed by atoms with van der Waals surface area (Å²) in [5.41, 5.74) is -0.146. The Labute approximate surface area is 80.0 Å². The van der Waals surface area contributed by atoms with E-state index in [2.05, 4.69) is 0 Å². The maximum absolute atomic E-state index is 13.2. The van der Waals surface area contributed by atoms with Crippen molar-refractivity contribution in [3.05, 3.63) is 33.9 Å². The van der Waals surface area contributed by atoms with Gasteiger partial charge in [0.15, 0.2) is 5.82 Å². The lowest BCUT2D eigenvalue weighted by atomic mass is 10.1. The number of aryl methyl sites for hydroxylation is 1. The Morgan fingerprint density at radius 2 is 1.92 bits per heavy atom. The van der Waals surface area contributed by atoms with Gasteiger partial charge in [0.1, 0.15) is 5.82 Å². The number of hydrogen-bond acceptors (Lipinski definition) is 1. The first kappa shape index (κ1) is 10.4. The van der Waals surface area contributed by atoms with Crippen LogP contribution >= 0.6 is 11.6 Å². The highest BCUT2D eigenvalue weighted by molar-refractivity contribution is 6.30. The quantitative estimate of drug-likeness (QED) is 0.701. The van der Waals surface area contributed by atoms with Crippen molar-refractivity contribution < 1.29 is 13.9 Å². The Bertz CT molecular complexity index is 311. The van der Waals surface area contributed by atoms with E-state index >= 15 is 0 Å². The molecule has 0 aliphatic carbocycles. The lowest BCUT2D eigenvalue weighted by Crippen LogP contribution is -2.03. The first-order chi connectivity index (χ1) is 5.95. The van der Waals surface area contributed by atoms with Gasteiger partial charge in [0.05, 0.1) is 16.7 Å².